The summed E-state index contributed by atoms with van der Waals surface area (Å²) >= 11 is 3.64. The zero-order valence-electron chi connectivity index (χ0n) is 19.6. The van der Waals surface area contributed by atoms with E-state index in [1.807, 2.05) is 0 Å². The number of hydrogen-bond donors (Lipinski definition) is 0. The Morgan fingerprint density at radius 1 is 0.621 bits per heavy atom. The highest BCUT2D eigenvalue weighted by Gasteiger charge is 2.37. The van der Waals surface area contributed by atoms with Crippen molar-refractivity contribution in [2.24, 2.45) is 0 Å². The molecule has 0 spiro atoms. The Morgan fingerprint density at radius 3 is 1.52 bits per heavy atom. The summed E-state index contributed by atoms with van der Waals surface area (Å²) in [6, 6.07) is 0. The average molecular weight is 484 g/mol. The van der Waals surface area contributed by atoms with E-state index in [2.05, 4.69) is 43.6 Å². The minimum absolute atomic E-state index is 0.0849. The van der Waals surface area contributed by atoms with Gasteiger partial charge in [0.15, 0.2) is 0 Å². The van der Waals surface area contributed by atoms with Crippen LogP contribution in [0.3, 0.4) is 0 Å². The molecule has 0 amide bonds. The fraction of sp³-hybridized carbons (Fsp3) is 1.00. The van der Waals surface area contributed by atoms with E-state index in [-0.39, 0.29) is 24.4 Å². The maximum absolute atomic E-state index is 6.35. The van der Waals surface area contributed by atoms with Crippen LogP contribution in [0.4, 0.5) is 0 Å². The number of unbranched alkanes of at least 4 members (excludes halogenated alkanes) is 4. The van der Waals surface area contributed by atoms with Gasteiger partial charge in [-0.3, -0.25) is 0 Å². The summed E-state index contributed by atoms with van der Waals surface area (Å²) < 4.78 is 30.6. The van der Waals surface area contributed by atoms with Crippen LogP contribution in [0.15, 0.2) is 0 Å². The van der Waals surface area contributed by atoms with Crippen LogP contribution < -0.4 is 0 Å². The third-order valence-electron chi connectivity index (χ3n) is 4.88. The molecule has 0 aliphatic heterocycles. The number of halogens is 1. The van der Waals surface area contributed by atoms with Crippen molar-refractivity contribution < 1.29 is 23.7 Å². The van der Waals surface area contributed by atoms with Gasteiger partial charge in [-0.05, 0) is 25.7 Å². The fourth-order valence-electron chi connectivity index (χ4n) is 2.90. The first-order valence-electron chi connectivity index (χ1n) is 11.7. The predicted octanol–water partition coefficient (Wildman–Crippen LogP) is 5.77. The summed E-state index contributed by atoms with van der Waals surface area (Å²) in [6.07, 6.45) is 7.85. The monoisotopic (exact) mass is 482 g/mol. The zero-order valence-corrected chi connectivity index (χ0v) is 21.2. The van der Waals surface area contributed by atoms with Crippen molar-refractivity contribution in [2.75, 3.05) is 45.5 Å². The van der Waals surface area contributed by atoms with Gasteiger partial charge in [0, 0.05) is 38.9 Å². The van der Waals surface area contributed by atoms with Gasteiger partial charge < -0.3 is 23.7 Å². The molecule has 0 saturated carbocycles. The van der Waals surface area contributed by atoms with Crippen LogP contribution in [0.1, 0.15) is 79.1 Å². The summed E-state index contributed by atoms with van der Waals surface area (Å²) in [5.74, 6) is 0. The molecule has 0 bridgehead atoms. The van der Waals surface area contributed by atoms with Gasteiger partial charge >= 0.3 is 0 Å². The topological polar surface area (TPSA) is 46.2 Å². The molecular weight excluding hydrogens is 436 g/mol. The summed E-state index contributed by atoms with van der Waals surface area (Å²) in [5.41, 5.74) is 0. The van der Waals surface area contributed by atoms with Gasteiger partial charge in [0.05, 0.1) is 12.7 Å². The van der Waals surface area contributed by atoms with Gasteiger partial charge in [-0.25, -0.2) is 0 Å². The van der Waals surface area contributed by atoms with E-state index in [1.54, 1.807) is 7.11 Å². The summed E-state index contributed by atoms with van der Waals surface area (Å²) in [4.78, 5) is 0. The number of alkyl halides is 1. The molecule has 0 unspecified atom stereocenters. The van der Waals surface area contributed by atoms with Crippen LogP contribution in [0.25, 0.3) is 0 Å². The van der Waals surface area contributed by atoms with E-state index >= 15 is 0 Å². The maximum atomic E-state index is 6.35. The van der Waals surface area contributed by atoms with Crippen molar-refractivity contribution in [3.8, 4) is 0 Å². The molecule has 0 fully saturated rings. The lowest BCUT2D eigenvalue weighted by molar-refractivity contribution is -0.179. The highest BCUT2D eigenvalue weighted by Crippen LogP contribution is 2.21. The van der Waals surface area contributed by atoms with Crippen molar-refractivity contribution in [3.63, 3.8) is 0 Å². The van der Waals surface area contributed by atoms with Crippen LogP contribution in [0, 0.1) is 0 Å². The summed E-state index contributed by atoms with van der Waals surface area (Å²) in [6.45, 7) is 12.0. The van der Waals surface area contributed by atoms with E-state index in [1.165, 1.54) is 0 Å². The van der Waals surface area contributed by atoms with E-state index in [9.17, 15) is 0 Å². The fourth-order valence-corrected chi connectivity index (χ4v) is 3.46. The number of rotatable bonds is 22. The lowest BCUT2D eigenvalue weighted by atomic mass is 10.0. The molecule has 29 heavy (non-hydrogen) atoms. The van der Waals surface area contributed by atoms with Crippen LogP contribution in [0.2, 0.25) is 0 Å². The van der Waals surface area contributed by atoms with Crippen molar-refractivity contribution in [3.05, 3.63) is 0 Å². The molecule has 0 radical (unpaired) electrons. The Labute approximate surface area is 188 Å². The smallest absolute Gasteiger partial charge is 0.115 e. The van der Waals surface area contributed by atoms with Crippen LogP contribution in [-0.4, -0.2) is 69.9 Å². The minimum atomic E-state index is -0.228. The molecule has 0 aliphatic carbocycles. The van der Waals surface area contributed by atoms with Crippen LogP contribution >= 0.6 is 15.9 Å². The van der Waals surface area contributed by atoms with Gasteiger partial charge in [0.2, 0.25) is 0 Å². The highest BCUT2D eigenvalue weighted by molar-refractivity contribution is 9.09. The quantitative estimate of drug-likeness (QED) is 0.145. The second-order valence-corrected chi connectivity index (χ2v) is 8.15. The molecular formula is C23H47BrO5. The lowest BCUT2D eigenvalue weighted by Gasteiger charge is -2.36. The Balaban J connectivity index is 5.33. The van der Waals surface area contributed by atoms with E-state index in [4.69, 9.17) is 23.7 Å². The largest absolute Gasteiger partial charge is 0.379 e. The lowest BCUT2D eigenvalue weighted by Crippen LogP contribution is -2.51. The molecule has 4 atom stereocenters. The second kappa shape index (κ2) is 21.5. The van der Waals surface area contributed by atoms with E-state index < -0.39 is 0 Å². The molecule has 0 N–H and O–H groups in total. The predicted molar refractivity (Wildman–Crippen MR) is 124 cm³/mol. The summed E-state index contributed by atoms with van der Waals surface area (Å²) in [7, 11) is 1.73. The van der Waals surface area contributed by atoms with Crippen LogP contribution in [-0.2, 0) is 23.7 Å². The average Bonchev–Trinajstić information content (AvgIpc) is 2.74. The normalized spacial score (nSPS) is 15.9. The second-order valence-electron chi connectivity index (χ2n) is 7.50. The van der Waals surface area contributed by atoms with Gasteiger partial charge in [-0.2, -0.15) is 0 Å². The van der Waals surface area contributed by atoms with Gasteiger partial charge in [0.1, 0.15) is 18.3 Å². The van der Waals surface area contributed by atoms with Crippen molar-refractivity contribution in [1.29, 1.82) is 0 Å². The molecule has 6 heteroatoms. The minimum Gasteiger partial charge on any atom is -0.379 e. The molecule has 176 valence electrons. The molecule has 0 aliphatic rings. The van der Waals surface area contributed by atoms with Crippen LogP contribution in [0.5, 0.6) is 0 Å². The van der Waals surface area contributed by atoms with E-state index in [0.717, 1.165) is 64.6 Å². The summed E-state index contributed by atoms with van der Waals surface area (Å²) in [5, 5.41) is 0.703. The number of methoxy groups -OCH3 is 1. The van der Waals surface area contributed by atoms with Gasteiger partial charge in [-0.1, -0.05) is 69.3 Å². The number of hydrogen-bond acceptors (Lipinski definition) is 5. The standard InChI is InChI=1S/C23H47BrO5/c1-6-10-14-26-19-21(25-5)23(29-17-13-9-4)22(28-16-12-8-3)20(18-24)27-15-11-7-2/h20-23H,6-19H2,1-5H3/t20-,21+,22+,23+/m0/s1. The van der Waals surface area contributed by atoms with E-state index in [0.29, 0.717) is 25.2 Å². The first kappa shape index (κ1) is 29.3. The molecule has 0 aromatic heterocycles. The molecule has 0 saturated heterocycles. The third kappa shape index (κ3) is 14.1. The number of ether oxygens (including phenoxy) is 5. The van der Waals surface area contributed by atoms with Gasteiger partial charge in [0.25, 0.3) is 0 Å². The van der Waals surface area contributed by atoms with Crippen molar-refractivity contribution >= 4 is 15.9 Å². The van der Waals surface area contributed by atoms with Crippen molar-refractivity contribution in [2.45, 2.75) is 103 Å². The Bertz CT molecular complexity index is 332. The van der Waals surface area contributed by atoms with Crippen molar-refractivity contribution in [1.82, 2.24) is 0 Å². The highest BCUT2D eigenvalue weighted by atomic mass is 79.9. The first-order valence-corrected chi connectivity index (χ1v) is 12.8. The molecule has 5 nitrogen and oxygen atoms in total. The Kier molecular flexibility index (Phi) is 21.7. The molecule has 0 heterocycles. The molecule has 0 aromatic rings. The van der Waals surface area contributed by atoms with Gasteiger partial charge in [-0.15, -0.1) is 0 Å². The maximum Gasteiger partial charge on any atom is 0.115 e. The Hall–Kier alpha value is 0.280. The third-order valence-corrected chi connectivity index (χ3v) is 5.52. The molecule has 0 rings (SSSR count). The Morgan fingerprint density at radius 2 is 1.07 bits per heavy atom. The SMILES string of the molecule is CCCCOC[C@@H](OC)[C@@H](OCCCC)[C@H](OCCCC)[C@H](CBr)OCCCC. The first-order chi connectivity index (χ1) is 14.2. The zero-order chi connectivity index (χ0) is 21.7. The molecule has 0 aromatic carbocycles.